The Morgan fingerprint density at radius 1 is 0.696 bits per heavy atom. The molecule has 0 saturated carbocycles. The van der Waals surface area contributed by atoms with Gasteiger partial charge in [0.2, 0.25) is 0 Å². The summed E-state index contributed by atoms with van der Waals surface area (Å²) in [6.07, 6.45) is 9.25. The van der Waals surface area contributed by atoms with Crippen LogP contribution in [0.1, 0.15) is 0 Å². The fraction of sp³-hybridized carbons (Fsp3) is 0. The maximum atomic E-state index is 4.43. The van der Waals surface area contributed by atoms with Crippen LogP contribution in [0.15, 0.2) is 85.6 Å². The number of hydrogen-bond acceptors (Lipinski definition) is 3. The maximum Gasteiger partial charge on any atom is 0.0733 e. The van der Waals surface area contributed by atoms with Gasteiger partial charge in [0, 0.05) is 30.4 Å². The standard InChI is InChI=1S/C19H14N4/c1-2-11-21-19(5-1)17-13-22-23(14-17)18-8-6-15(7-9-18)16-4-3-10-20-12-16/h1-14H. The summed E-state index contributed by atoms with van der Waals surface area (Å²) < 4.78 is 1.86. The van der Waals surface area contributed by atoms with E-state index in [4.69, 9.17) is 0 Å². The number of nitrogens with zero attached hydrogens (tertiary/aromatic N) is 4. The Hall–Kier alpha value is -3.27. The van der Waals surface area contributed by atoms with Gasteiger partial charge in [-0.15, -0.1) is 0 Å². The van der Waals surface area contributed by atoms with Crippen LogP contribution in [0.4, 0.5) is 0 Å². The first-order chi connectivity index (χ1) is 11.4. The van der Waals surface area contributed by atoms with Gasteiger partial charge in [0.1, 0.15) is 0 Å². The van der Waals surface area contributed by atoms with E-state index in [9.17, 15) is 0 Å². The van der Waals surface area contributed by atoms with E-state index in [1.54, 1.807) is 12.4 Å². The van der Waals surface area contributed by atoms with Crippen LogP contribution in [0.5, 0.6) is 0 Å². The van der Waals surface area contributed by atoms with Crippen molar-refractivity contribution in [3.05, 3.63) is 85.6 Å². The van der Waals surface area contributed by atoms with Gasteiger partial charge >= 0.3 is 0 Å². The summed E-state index contributed by atoms with van der Waals surface area (Å²) in [6, 6.07) is 18.1. The van der Waals surface area contributed by atoms with Crippen molar-refractivity contribution < 1.29 is 0 Å². The third kappa shape index (κ3) is 2.74. The van der Waals surface area contributed by atoms with Gasteiger partial charge in [-0.25, -0.2) is 4.68 Å². The zero-order chi connectivity index (χ0) is 15.5. The van der Waals surface area contributed by atoms with Crippen molar-refractivity contribution in [2.75, 3.05) is 0 Å². The molecule has 0 radical (unpaired) electrons. The van der Waals surface area contributed by atoms with E-state index in [1.165, 1.54) is 0 Å². The Morgan fingerprint density at radius 3 is 2.35 bits per heavy atom. The van der Waals surface area contributed by atoms with E-state index in [2.05, 4.69) is 45.4 Å². The molecule has 4 rings (SSSR count). The van der Waals surface area contributed by atoms with Gasteiger partial charge in [-0.05, 0) is 41.5 Å². The zero-order valence-electron chi connectivity index (χ0n) is 12.4. The molecule has 0 saturated heterocycles. The molecule has 0 spiro atoms. The number of hydrogen-bond donors (Lipinski definition) is 0. The molecule has 1 aromatic carbocycles. The number of aromatic nitrogens is 4. The van der Waals surface area contributed by atoms with Crippen LogP contribution >= 0.6 is 0 Å². The zero-order valence-corrected chi connectivity index (χ0v) is 12.4. The highest BCUT2D eigenvalue weighted by molar-refractivity contribution is 5.64. The molecule has 4 heteroatoms. The lowest BCUT2D eigenvalue weighted by Gasteiger charge is -2.04. The van der Waals surface area contributed by atoms with E-state index >= 15 is 0 Å². The largest absolute Gasteiger partial charge is 0.264 e. The van der Waals surface area contributed by atoms with Crippen LogP contribution in [0.2, 0.25) is 0 Å². The number of benzene rings is 1. The molecular weight excluding hydrogens is 284 g/mol. The second-order valence-electron chi connectivity index (χ2n) is 5.18. The topological polar surface area (TPSA) is 43.6 Å². The minimum absolute atomic E-state index is 0.922. The summed E-state index contributed by atoms with van der Waals surface area (Å²) >= 11 is 0. The molecule has 0 fully saturated rings. The smallest absolute Gasteiger partial charge is 0.0733 e. The second kappa shape index (κ2) is 5.85. The van der Waals surface area contributed by atoms with Crippen LogP contribution in [0.3, 0.4) is 0 Å². The average Bonchev–Trinajstić information content (AvgIpc) is 3.14. The van der Waals surface area contributed by atoms with Crippen LogP contribution in [0.25, 0.3) is 28.1 Å². The molecule has 0 unspecified atom stereocenters. The van der Waals surface area contributed by atoms with Crippen molar-refractivity contribution >= 4 is 0 Å². The molecule has 0 aliphatic carbocycles. The highest BCUT2D eigenvalue weighted by Crippen LogP contribution is 2.21. The summed E-state index contributed by atoms with van der Waals surface area (Å²) in [7, 11) is 0. The van der Waals surface area contributed by atoms with Crippen LogP contribution < -0.4 is 0 Å². The lowest BCUT2D eigenvalue weighted by atomic mass is 10.1. The van der Waals surface area contributed by atoms with Crippen molar-refractivity contribution in [3.8, 4) is 28.1 Å². The van der Waals surface area contributed by atoms with E-state index in [-0.39, 0.29) is 0 Å². The SMILES string of the molecule is c1ccc(-c2cnn(-c3ccc(-c4cccnc4)cc3)c2)nc1. The minimum atomic E-state index is 0.922. The first kappa shape index (κ1) is 13.4. The van der Waals surface area contributed by atoms with Gasteiger partial charge in [-0.1, -0.05) is 24.3 Å². The lowest BCUT2D eigenvalue weighted by molar-refractivity contribution is 0.881. The van der Waals surface area contributed by atoms with Crippen molar-refractivity contribution in [1.29, 1.82) is 0 Å². The predicted molar refractivity (Wildman–Crippen MR) is 90.0 cm³/mol. The first-order valence-corrected chi connectivity index (χ1v) is 7.37. The molecule has 4 aromatic rings. The monoisotopic (exact) mass is 298 g/mol. The molecule has 0 N–H and O–H groups in total. The Morgan fingerprint density at radius 2 is 1.61 bits per heavy atom. The maximum absolute atomic E-state index is 4.43. The molecule has 23 heavy (non-hydrogen) atoms. The van der Waals surface area contributed by atoms with Gasteiger partial charge in [0.15, 0.2) is 0 Å². The fourth-order valence-electron chi connectivity index (χ4n) is 2.47. The first-order valence-electron chi connectivity index (χ1n) is 7.37. The molecule has 4 nitrogen and oxygen atoms in total. The van der Waals surface area contributed by atoms with Crippen LogP contribution in [0, 0.1) is 0 Å². The van der Waals surface area contributed by atoms with E-state index in [1.807, 2.05) is 47.5 Å². The summed E-state index contributed by atoms with van der Waals surface area (Å²) in [6.45, 7) is 0. The van der Waals surface area contributed by atoms with Crippen molar-refractivity contribution in [3.63, 3.8) is 0 Å². The molecule has 3 heterocycles. The Balaban J connectivity index is 1.63. The summed E-state index contributed by atoms with van der Waals surface area (Å²) in [5.74, 6) is 0. The second-order valence-corrected chi connectivity index (χ2v) is 5.18. The van der Waals surface area contributed by atoms with Crippen molar-refractivity contribution in [1.82, 2.24) is 19.7 Å². The average molecular weight is 298 g/mol. The number of pyridine rings is 2. The van der Waals surface area contributed by atoms with Gasteiger partial charge < -0.3 is 0 Å². The molecule has 3 aromatic heterocycles. The molecule has 0 aliphatic rings. The molecule has 0 atom stereocenters. The van der Waals surface area contributed by atoms with E-state index in [0.717, 1.165) is 28.1 Å². The highest BCUT2D eigenvalue weighted by atomic mass is 15.3. The van der Waals surface area contributed by atoms with Gasteiger partial charge in [-0.2, -0.15) is 5.10 Å². The van der Waals surface area contributed by atoms with Gasteiger partial charge in [0.05, 0.1) is 17.6 Å². The normalized spacial score (nSPS) is 10.6. The van der Waals surface area contributed by atoms with E-state index in [0.29, 0.717) is 0 Å². The van der Waals surface area contributed by atoms with E-state index < -0.39 is 0 Å². The van der Waals surface area contributed by atoms with Crippen LogP contribution in [-0.4, -0.2) is 19.7 Å². The molecule has 0 amide bonds. The van der Waals surface area contributed by atoms with Crippen molar-refractivity contribution in [2.24, 2.45) is 0 Å². The fourth-order valence-corrected chi connectivity index (χ4v) is 2.47. The van der Waals surface area contributed by atoms with Crippen LogP contribution in [-0.2, 0) is 0 Å². The third-order valence-electron chi connectivity index (χ3n) is 3.67. The van der Waals surface area contributed by atoms with Crippen molar-refractivity contribution in [2.45, 2.75) is 0 Å². The Kier molecular flexibility index (Phi) is 3.41. The molecular formula is C19H14N4. The third-order valence-corrected chi connectivity index (χ3v) is 3.67. The Labute approximate surface area is 134 Å². The van der Waals surface area contributed by atoms with Gasteiger partial charge in [-0.3, -0.25) is 9.97 Å². The summed E-state index contributed by atoms with van der Waals surface area (Å²) in [4.78, 5) is 8.50. The summed E-state index contributed by atoms with van der Waals surface area (Å²) in [5, 5.41) is 4.43. The predicted octanol–water partition coefficient (Wildman–Crippen LogP) is 4.00. The Bertz CT molecular complexity index is 897. The molecule has 110 valence electrons. The van der Waals surface area contributed by atoms with Gasteiger partial charge in [0.25, 0.3) is 0 Å². The summed E-state index contributed by atoms with van der Waals surface area (Å²) in [5.41, 5.74) is 5.18. The highest BCUT2D eigenvalue weighted by Gasteiger charge is 2.04. The lowest BCUT2D eigenvalue weighted by Crippen LogP contribution is -1.93. The molecule has 0 bridgehead atoms. The minimum Gasteiger partial charge on any atom is -0.264 e. The number of rotatable bonds is 3. The molecule has 0 aliphatic heterocycles. The quantitative estimate of drug-likeness (QED) is 0.574.